The molecule has 2 aromatic carbocycles. The van der Waals surface area contributed by atoms with Crippen molar-refractivity contribution in [2.24, 2.45) is 0 Å². The Bertz CT molecular complexity index is 875. The van der Waals surface area contributed by atoms with Crippen LogP contribution < -0.4 is 19.5 Å². The van der Waals surface area contributed by atoms with E-state index in [9.17, 15) is 4.79 Å². The second-order valence-corrected chi connectivity index (χ2v) is 5.34. The van der Waals surface area contributed by atoms with Crippen molar-refractivity contribution in [3.8, 4) is 23.0 Å². The number of benzene rings is 2. The lowest BCUT2D eigenvalue weighted by Crippen LogP contribution is -2.13. The van der Waals surface area contributed by atoms with Crippen LogP contribution in [0.3, 0.4) is 0 Å². The summed E-state index contributed by atoms with van der Waals surface area (Å²) in [6, 6.07) is 16.0. The van der Waals surface area contributed by atoms with Gasteiger partial charge in [0.25, 0.3) is 5.91 Å². The summed E-state index contributed by atoms with van der Waals surface area (Å²) in [5.74, 6) is 1.89. The Balaban J connectivity index is 1.84. The van der Waals surface area contributed by atoms with Crippen molar-refractivity contribution >= 4 is 11.6 Å². The summed E-state index contributed by atoms with van der Waals surface area (Å²) in [7, 11) is 3.06. The number of carbonyl (C=O) groups excluding carboxylic acids is 1. The van der Waals surface area contributed by atoms with Gasteiger partial charge in [-0.05, 0) is 24.3 Å². The van der Waals surface area contributed by atoms with Crippen LogP contribution in [-0.2, 0) is 0 Å². The Labute approximate surface area is 151 Å². The van der Waals surface area contributed by atoms with Crippen molar-refractivity contribution in [3.05, 3.63) is 72.6 Å². The topological polar surface area (TPSA) is 69.7 Å². The van der Waals surface area contributed by atoms with Gasteiger partial charge in [0.15, 0.2) is 5.75 Å². The molecule has 3 rings (SSSR count). The van der Waals surface area contributed by atoms with Crippen molar-refractivity contribution < 1.29 is 19.0 Å². The van der Waals surface area contributed by atoms with Crippen LogP contribution in [0.5, 0.6) is 23.0 Å². The van der Waals surface area contributed by atoms with E-state index in [1.165, 1.54) is 20.4 Å². The van der Waals surface area contributed by atoms with Crippen LogP contribution in [-0.4, -0.2) is 25.1 Å². The van der Waals surface area contributed by atoms with Gasteiger partial charge < -0.3 is 19.5 Å². The summed E-state index contributed by atoms with van der Waals surface area (Å²) < 4.78 is 16.2. The van der Waals surface area contributed by atoms with Crippen LogP contribution in [0.4, 0.5) is 5.69 Å². The van der Waals surface area contributed by atoms with Crippen LogP contribution in [0.25, 0.3) is 0 Å². The lowest BCUT2D eigenvalue weighted by atomic mass is 10.2. The van der Waals surface area contributed by atoms with Gasteiger partial charge in [-0.3, -0.25) is 9.78 Å². The lowest BCUT2D eigenvalue weighted by molar-refractivity contribution is 0.102. The van der Waals surface area contributed by atoms with E-state index in [1.807, 2.05) is 30.3 Å². The molecule has 132 valence electrons. The van der Waals surface area contributed by atoms with Crippen LogP contribution in [0.2, 0.25) is 0 Å². The van der Waals surface area contributed by atoms with Crippen LogP contribution in [0, 0.1) is 0 Å². The first-order chi connectivity index (χ1) is 12.7. The number of nitrogens with zero attached hydrogens (tertiary/aromatic N) is 1. The van der Waals surface area contributed by atoms with Gasteiger partial charge in [-0.25, -0.2) is 0 Å². The summed E-state index contributed by atoms with van der Waals surface area (Å²) in [5, 5.41) is 2.81. The van der Waals surface area contributed by atoms with Gasteiger partial charge in [-0.2, -0.15) is 0 Å². The first-order valence-corrected chi connectivity index (χ1v) is 7.91. The minimum absolute atomic E-state index is 0.326. The highest BCUT2D eigenvalue weighted by atomic mass is 16.5. The molecule has 3 aromatic rings. The Kier molecular flexibility index (Phi) is 5.34. The van der Waals surface area contributed by atoms with Gasteiger partial charge in [0.1, 0.15) is 22.9 Å². The molecule has 0 radical (unpaired) electrons. The molecule has 26 heavy (non-hydrogen) atoms. The minimum Gasteiger partial charge on any atom is -0.497 e. The number of rotatable bonds is 6. The number of para-hydroxylation sites is 1. The second-order valence-electron chi connectivity index (χ2n) is 5.34. The van der Waals surface area contributed by atoms with Gasteiger partial charge in [0.05, 0.1) is 20.4 Å². The van der Waals surface area contributed by atoms with Crippen LogP contribution in [0.1, 0.15) is 10.4 Å². The third kappa shape index (κ3) is 4.10. The summed E-state index contributed by atoms with van der Waals surface area (Å²) in [5.41, 5.74) is 0.860. The maximum Gasteiger partial charge on any atom is 0.256 e. The van der Waals surface area contributed by atoms with Crippen LogP contribution >= 0.6 is 0 Å². The van der Waals surface area contributed by atoms with Crippen LogP contribution in [0.15, 0.2) is 67.0 Å². The summed E-state index contributed by atoms with van der Waals surface area (Å²) in [6.45, 7) is 0. The van der Waals surface area contributed by atoms with E-state index in [1.54, 1.807) is 30.5 Å². The van der Waals surface area contributed by atoms with Crippen molar-refractivity contribution in [3.63, 3.8) is 0 Å². The number of hydrogen-bond acceptors (Lipinski definition) is 5. The average Bonchev–Trinajstić information content (AvgIpc) is 2.69. The van der Waals surface area contributed by atoms with E-state index < -0.39 is 0 Å². The maximum absolute atomic E-state index is 12.6. The normalized spacial score (nSPS) is 10.1. The molecule has 0 saturated heterocycles. The third-order valence-electron chi connectivity index (χ3n) is 3.61. The van der Waals surface area contributed by atoms with Crippen molar-refractivity contribution in [2.45, 2.75) is 0 Å². The molecule has 0 aliphatic carbocycles. The molecule has 0 bridgehead atoms. The Hall–Kier alpha value is -3.54. The highest BCUT2D eigenvalue weighted by Gasteiger charge is 2.13. The van der Waals surface area contributed by atoms with Gasteiger partial charge in [0, 0.05) is 23.9 Å². The molecule has 0 saturated carbocycles. The second kappa shape index (κ2) is 8.02. The molecule has 0 aliphatic rings. The molecule has 0 unspecified atom stereocenters. The SMILES string of the molecule is COc1cc(OC)cc(C(=O)Nc2cnccc2Oc2ccccc2)c1. The molecule has 1 amide bonds. The van der Waals surface area contributed by atoms with Gasteiger partial charge in [0.2, 0.25) is 0 Å². The van der Waals surface area contributed by atoms with Gasteiger partial charge >= 0.3 is 0 Å². The Morgan fingerprint density at radius 2 is 1.62 bits per heavy atom. The van der Waals surface area contributed by atoms with E-state index in [-0.39, 0.29) is 5.91 Å². The number of pyridine rings is 1. The molecule has 6 heteroatoms. The zero-order valence-electron chi connectivity index (χ0n) is 14.4. The van der Waals surface area contributed by atoms with Gasteiger partial charge in [-0.15, -0.1) is 0 Å². The predicted molar refractivity (Wildman–Crippen MR) is 98.3 cm³/mol. The number of methoxy groups -OCH3 is 2. The molecule has 0 atom stereocenters. The monoisotopic (exact) mass is 350 g/mol. The Morgan fingerprint density at radius 1 is 0.923 bits per heavy atom. The smallest absolute Gasteiger partial charge is 0.256 e. The first kappa shape index (κ1) is 17.3. The predicted octanol–water partition coefficient (Wildman–Crippen LogP) is 4.14. The minimum atomic E-state index is -0.326. The van der Waals surface area contributed by atoms with E-state index >= 15 is 0 Å². The number of nitrogens with one attached hydrogen (secondary N) is 1. The number of anilines is 1. The third-order valence-corrected chi connectivity index (χ3v) is 3.61. The molecule has 1 heterocycles. The summed E-state index contributed by atoms with van der Waals surface area (Å²) in [4.78, 5) is 16.7. The fourth-order valence-electron chi connectivity index (χ4n) is 2.31. The van der Waals surface area contributed by atoms with Crippen molar-refractivity contribution in [2.75, 3.05) is 19.5 Å². The number of amides is 1. The summed E-state index contributed by atoms with van der Waals surface area (Å²) >= 11 is 0. The quantitative estimate of drug-likeness (QED) is 0.723. The molecule has 6 nitrogen and oxygen atoms in total. The molecular weight excluding hydrogens is 332 g/mol. The molecule has 1 N–H and O–H groups in total. The van der Waals surface area contributed by atoms with E-state index in [0.717, 1.165) is 0 Å². The number of carbonyl (C=O) groups is 1. The largest absolute Gasteiger partial charge is 0.497 e. The Morgan fingerprint density at radius 3 is 2.27 bits per heavy atom. The number of ether oxygens (including phenoxy) is 3. The van der Waals surface area contributed by atoms with Crippen molar-refractivity contribution in [1.82, 2.24) is 4.98 Å². The fraction of sp³-hybridized carbons (Fsp3) is 0.100. The molecular formula is C20H18N2O4. The molecule has 1 aromatic heterocycles. The highest BCUT2D eigenvalue weighted by molar-refractivity contribution is 6.05. The standard InChI is InChI=1S/C20H18N2O4/c1-24-16-10-14(11-17(12-16)25-2)20(23)22-18-13-21-9-8-19(18)26-15-6-4-3-5-7-15/h3-13H,1-2H3,(H,22,23). The van der Waals surface area contributed by atoms with E-state index in [0.29, 0.717) is 34.2 Å². The van der Waals surface area contributed by atoms with Crippen molar-refractivity contribution in [1.29, 1.82) is 0 Å². The molecule has 0 aliphatic heterocycles. The molecule has 0 fully saturated rings. The number of aromatic nitrogens is 1. The number of hydrogen-bond donors (Lipinski definition) is 1. The lowest BCUT2D eigenvalue weighted by Gasteiger charge is -2.12. The zero-order chi connectivity index (χ0) is 18.4. The van der Waals surface area contributed by atoms with E-state index in [4.69, 9.17) is 14.2 Å². The first-order valence-electron chi connectivity index (χ1n) is 7.91. The summed E-state index contributed by atoms with van der Waals surface area (Å²) in [6.07, 6.45) is 3.14. The molecule has 0 spiro atoms. The average molecular weight is 350 g/mol. The zero-order valence-corrected chi connectivity index (χ0v) is 14.4. The maximum atomic E-state index is 12.6. The van der Waals surface area contributed by atoms with E-state index in [2.05, 4.69) is 10.3 Å². The van der Waals surface area contributed by atoms with Gasteiger partial charge in [-0.1, -0.05) is 18.2 Å². The highest BCUT2D eigenvalue weighted by Crippen LogP contribution is 2.29. The fourth-order valence-corrected chi connectivity index (χ4v) is 2.31.